The van der Waals surface area contributed by atoms with Crippen LogP contribution in [0, 0.1) is 0 Å². The maximum atomic E-state index is 5.66. The molecule has 3 rings (SSSR count). The Kier molecular flexibility index (Phi) is 2.15. The van der Waals surface area contributed by atoms with Crippen LogP contribution < -0.4 is 4.74 Å². The maximum absolute atomic E-state index is 5.66. The second-order valence-electron chi connectivity index (χ2n) is 3.33. The van der Waals surface area contributed by atoms with Crippen LogP contribution in [0.5, 0.6) is 5.75 Å². The Bertz CT molecular complexity index is 613. The van der Waals surface area contributed by atoms with E-state index in [0.717, 1.165) is 21.7 Å². The third-order valence-electron chi connectivity index (χ3n) is 2.33. The quantitative estimate of drug-likeness (QED) is 0.676. The van der Waals surface area contributed by atoms with Gasteiger partial charge < -0.3 is 9.15 Å². The lowest BCUT2D eigenvalue weighted by molar-refractivity contribution is 0.415. The van der Waals surface area contributed by atoms with Crippen molar-refractivity contribution in [2.45, 2.75) is 0 Å². The molecule has 0 fully saturated rings. The molecule has 0 amide bonds. The monoisotopic (exact) mass is 231 g/mol. The number of aromatic nitrogens is 1. The fourth-order valence-electron chi connectivity index (χ4n) is 1.54. The Morgan fingerprint density at radius 2 is 2.25 bits per heavy atom. The molecule has 0 unspecified atom stereocenters. The van der Waals surface area contributed by atoms with E-state index in [0.29, 0.717) is 5.89 Å². The van der Waals surface area contributed by atoms with E-state index in [-0.39, 0.29) is 0 Å². The molecular weight excluding hydrogens is 222 g/mol. The second-order valence-corrected chi connectivity index (χ2v) is 4.28. The van der Waals surface area contributed by atoms with Crippen LogP contribution in [0.3, 0.4) is 0 Å². The van der Waals surface area contributed by atoms with Gasteiger partial charge in [-0.2, -0.15) is 0 Å². The number of benzene rings is 1. The van der Waals surface area contributed by atoms with Crippen molar-refractivity contribution in [3.05, 3.63) is 35.7 Å². The predicted octanol–water partition coefficient (Wildman–Crippen LogP) is 3.56. The first kappa shape index (κ1) is 9.42. The standard InChI is InChI=1S/C12H9NO2S/c1-14-8-4-5-10-9(7-8)13-12(15-10)11-3-2-6-16-11/h2-7H,1H3. The fraction of sp³-hybridized carbons (Fsp3) is 0.0833. The highest BCUT2D eigenvalue weighted by atomic mass is 32.1. The molecule has 0 spiro atoms. The van der Waals surface area contributed by atoms with Crippen molar-refractivity contribution in [3.63, 3.8) is 0 Å². The minimum Gasteiger partial charge on any atom is -0.497 e. The zero-order valence-electron chi connectivity index (χ0n) is 8.64. The number of fused-ring (bicyclic) bond motifs is 1. The molecule has 16 heavy (non-hydrogen) atoms. The average Bonchev–Trinajstić information content (AvgIpc) is 2.96. The van der Waals surface area contributed by atoms with Gasteiger partial charge in [-0.3, -0.25) is 0 Å². The lowest BCUT2D eigenvalue weighted by Crippen LogP contribution is -1.80. The second kappa shape index (κ2) is 3.64. The van der Waals surface area contributed by atoms with Crippen LogP contribution in [0.2, 0.25) is 0 Å². The third-order valence-corrected chi connectivity index (χ3v) is 3.18. The Morgan fingerprint density at radius 3 is 3.00 bits per heavy atom. The van der Waals surface area contributed by atoms with Crippen molar-refractivity contribution in [1.82, 2.24) is 4.98 Å². The molecule has 0 radical (unpaired) electrons. The molecule has 0 aliphatic heterocycles. The van der Waals surface area contributed by atoms with E-state index in [1.165, 1.54) is 0 Å². The van der Waals surface area contributed by atoms with Crippen LogP contribution in [-0.4, -0.2) is 12.1 Å². The average molecular weight is 231 g/mol. The lowest BCUT2D eigenvalue weighted by atomic mass is 10.3. The van der Waals surface area contributed by atoms with Gasteiger partial charge in [0.05, 0.1) is 12.0 Å². The van der Waals surface area contributed by atoms with Gasteiger partial charge in [-0.25, -0.2) is 4.98 Å². The third kappa shape index (κ3) is 1.47. The van der Waals surface area contributed by atoms with Crippen molar-refractivity contribution in [1.29, 1.82) is 0 Å². The van der Waals surface area contributed by atoms with Crippen molar-refractivity contribution >= 4 is 22.4 Å². The van der Waals surface area contributed by atoms with Gasteiger partial charge in [-0.15, -0.1) is 11.3 Å². The predicted molar refractivity (Wildman–Crippen MR) is 63.9 cm³/mol. The molecule has 0 saturated carbocycles. The molecular formula is C12H9NO2S. The normalized spacial score (nSPS) is 10.8. The van der Waals surface area contributed by atoms with Gasteiger partial charge in [0.1, 0.15) is 11.3 Å². The van der Waals surface area contributed by atoms with Crippen LogP contribution >= 0.6 is 11.3 Å². The molecule has 0 saturated heterocycles. The van der Waals surface area contributed by atoms with E-state index < -0.39 is 0 Å². The van der Waals surface area contributed by atoms with Gasteiger partial charge in [0, 0.05) is 6.07 Å². The Morgan fingerprint density at radius 1 is 1.31 bits per heavy atom. The van der Waals surface area contributed by atoms with Crippen LogP contribution in [0.4, 0.5) is 0 Å². The summed E-state index contributed by atoms with van der Waals surface area (Å²) in [6.45, 7) is 0. The largest absolute Gasteiger partial charge is 0.497 e. The number of hydrogen-bond donors (Lipinski definition) is 0. The molecule has 4 heteroatoms. The highest BCUT2D eigenvalue weighted by Crippen LogP contribution is 2.29. The van der Waals surface area contributed by atoms with Crippen molar-refractivity contribution in [2.75, 3.05) is 7.11 Å². The summed E-state index contributed by atoms with van der Waals surface area (Å²) in [5.41, 5.74) is 1.60. The number of thiophene rings is 1. The minimum atomic E-state index is 0.665. The number of nitrogens with zero attached hydrogens (tertiary/aromatic N) is 1. The molecule has 80 valence electrons. The number of ether oxygens (including phenoxy) is 1. The van der Waals surface area contributed by atoms with Gasteiger partial charge >= 0.3 is 0 Å². The Balaban J connectivity index is 2.16. The van der Waals surface area contributed by atoms with Gasteiger partial charge in [0.15, 0.2) is 5.58 Å². The van der Waals surface area contributed by atoms with E-state index in [4.69, 9.17) is 9.15 Å². The SMILES string of the molecule is COc1ccc2oc(-c3cccs3)nc2c1. The fourth-order valence-corrected chi connectivity index (χ4v) is 2.19. The number of oxazole rings is 1. The van der Waals surface area contributed by atoms with Crippen LogP contribution in [0.25, 0.3) is 21.9 Å². The summed E-state index contributed by atoms with van der Waals surface area (Å²) < 4.78 is 10.8. The van der Waals surface area contributed by atoms with Crippen LogP contribution in [0.1, 0.15) is 0 Å². The van der Waals surface area contributed by atoms with E-state index in [1.54, 1.807) is 18.4 Å². The summed E-state index contributed by atoms with van der Waals surface area (Å²) in [5.74, 6) is 1.46. The molecule has 0 N–H and O–H groups in total. The molecule has 2 aromatic heterocycles. The van der Waals surface area contributed by atoms with Crippen molar-refractivity contribution in [2.24, 2.45) is 0 Å². The Hall–Kier alpha value is -1.81. The molecule has 0 atom stereocenters. The number of hydrogen-bond acceptors (Lipinski definition) is 4. The topological polar surface area (TPSA) is 35.3 Å². The molecule has 1 aromatic carbocycles. The smallest absolute Gasteiger partial charge is 0.237 e. The molecule has 0 aliphatic carbocycles. The summed E-state index contributed by atoms with van der Waals surface area (Å²) in [7, 11) is 1.64. The van der Waals surface area contributed by atoms with E-state index in [9.17, 15) is 0 Å². The maximum Gasteiger partial charge on any atom is 0.237 e. The van der Waals surface area contributed by atoms with Gasteiger partial charge in [-0.1, -0.05) is 6.07 Å². The van der Waals surface area contributed by atoms with Crippen LogP contribution in [-0.2, 0) is 0 Å². The summed E-state index contributed by atoms with van der Waals surface area (Å²) >= 11 is 1.61. The summed E-state index contributed by atoms with van der Waals surface area (Å²) in [6.07, 6.45) is 0. The molecule has 3 aromatic rings. The molecule has 0 bridgehead atoms. The molecule has 2 heterocycles. The van der Waals surface area contributed by atoms with Crippen molar-refractivity contribution in [3.8, 4) is 16.5 Å². The minimum absolute atomic E-state index is 0.665. The lowest BCUT2D eigenvalue weighted by Gasteiger charge is -1.95. The van der Waals surface area contributed by atoms with Crippen molar-refractivity contribution < 1.29 is 9.15 Å². The van der Waals surface area contributed by atoms with E-state index in [1.807, 2.05) is 35.7 Å². The number of rotatable bonds is 2. The zero-order chi connectivity index (χ0) is 11.0. The zero-order valence-corrected chi connectivity index (χ0v) is 9.45. The van der Waals surface area contributed by atoms with Gasteiger partial charge in [0.2, 0.25) is 5.89 Å². The van der Waals surface area contributed by atoms with E-state index >= 15 is 0 Å². The summed E-state index contributed by atoms with van der Waals surface area (Å²) in [5, 5.41) is 2.00. The molecule has 0 aliphatic rings. The molecule has 3 nitrogen and oxygen atoms in total. The first-order valence-electron chi connectivity index (χ1n) is 4.85. The summed E-state index contributed by atoms with van der Waals surface area (Å²) in [4.78, 5) is 5.46. The number of methoxy groups -OCH3 is 1. The van der Waals surface area contributed by atoms with Crippen LogP contribution in [0.15, 0.2) is 40.1 Å². The Labute approximate surface area is 96.3 Å². The first-order valence-corrected chi connectivity index (χ1v) is 5.73. The first-order chi connectivity index (χ1) is 7.86. The van der Waals surface area contributed by atoms with E-state index in [2.05, 4.69) is 4.98 Å². The highest BCUT2D eigenvalue weighted by molar-refractivity contribution is 7.13. The summed E-state index contributed by atoms with van der Waals surface area (Å²) in [6, 6.07) is 9.59. The van der Waals surface area contributed by atoms with Gasteiger partial charge in [-0.05, 0) is 23.6 Å². The highest BCUT2D eigenvalue weighted by Gasteiger charge is 2.09. The van der Waals surface area contributed by atoms with Gasteiger partial charge in [0.25, 0.3) is 0 Å².